The molecule has 0 amide bonds. The third kappa shape index (κ3) is 67.5. The van der Waals surface area contributed by atoms with Gasteiger partial charge in [0.2, 0.25) is 0 Å². The van der Waals surface area contributed by atoms with Crippen LogP contribution in [0, 0.1) is 0 Å². The van der Waals surface area contributed by atoms with E-state index in [0.29, 0.717) is 0 Å². The van der Waals surface area contributed by atoms with Crippen molar-refractivity contribution in [2.75, 3.05) is 0 Å². The van der Waals surface area contributed by atoms with Crippen LogP contribution in [0.3, 0.4) is 0 Å². The second kappa shape index (κ2) is 77.5. The van der Waals surface area contributed by atoms with E-state index in [0.717, 1.165) is 11.1 Å². The molecular formula is C26H50. The Hall–Kier alpha value is -2.08. The number of allylic oxidation sites excluding steroid dienone is 10. The fourth-order valence-electron chi connectivity index (χ4n) is 0.811. The fraction of sp³-hybridized carbons (Fsp3) is 0.385. The van der Waals surface area contributed by atoms with Crippen molar-refractivity contribution < 1.29 is 0 Å². The van der Waals surface area contributed by atoms with Gasteiger partial charge < -0.3 is 0 Å². The lowest BCUT2D eigenvalue weighted by molar-refractivity contribution is 1.50. The van der Waals surface area contributed by atoms with Gasteiger partial charge in [-0.1, -0.05) is 137 Å². The van der Waals surface area contributed by atoms with Crippen molar-refractivity contribution in [1.29, 1.82) is 0 Å². The van der Waals surface area contributed by atoms with Crippen molar-refractivity contribution in [3.05, 3.63) is 99.2 Å². The minimum atomic E-state index is 1.05. The summed E-state index contributed by atoms with van der Waals surface area (Å²) >= 11 is 0. The van der Waals surface area contributed by atoms with Crippen molar-refractivity contribution >= 4 is 0 Å². The van der Waals surface area contributed by atoms with E-state index >= 15 is 0 Å². The van der Waals surface area contributed by atoms with Gasteiger partial charge >= 0.3 is 0 Å². The molecule has 0 fully saturated rings. The number of hydrogen-bond donors (Lipinski definition) is 0. The Balaban J connectivity index is -0.0000000402. The van der Waals surface area contributed by atoms with Gasteiger partial charge in [-0.2, -0.15) is 0 Å². The molecule has 0 bridgehead atoms. The highest BCUT2D eigenvalue weighted by molar-refractivity contribution is 5.46. The summed E-state index contributed by atoms with van der Waals surface area (Å²) in [4.78, 5) is 0. The Morgan fingerprint density at radius 2 is 0.769 bits per heavy atom. The van der Waals surface area contributed by atoms with Crippen LogP contribution in [0.1, 0.15) is 69.2 Å². The molecule has 0 heteroatoms. The lowest BCUT2D eigenvalue weighted by atomic mass is 10.1. The molecule has 0 aliphatic heterocycles. The SMILES string of the molecule is C=C/C=C(C=C)\C(C=C)=C/C.C=CC.C=CC=C.CC.CC.CC.CC. The van der Waals surface area contributed by atoms with Crippen molar-refractivity contribution in [3.63, 3.8) is 0 Å². The van der Waals surface area contributed by atoms with Crippen LogP contribution in [0.5, 0.6) is 0 Å². The Labute approximate surface area is 168 Å². The van der Waals surface area contributed by atoms with Crippen LogP contribution in [0.25, 0.3) is 0 Å². The standard InChI is InChI=1S/C11H14.C4H6.C3H6.4C2H6/c1-5-9-11(8-4)10(6-2)7-3;1-3-4-2;1-3-2;4*1-2/h5-9H,1-2,4H2,3H3;3-4H,1-2H2;3H,1H2,2H3;4*1-2H3/b10-7-,11-9-;;;;;;. The third-order valence-electron chi connectivity index (χ3n) is 1.55. The molecule has 0 radical (unpaired) electrons. The Morgan fingerprint density at radius 1 is 0.500 bits per heavy atom. The molecule has 0 nitrogen and oxygen atoms in total. The molecule has 0 heterocycles. The topological polar surface area (TPSA) is 0 Å². The van der Waals surface area contributed by atoms with E-state index in [-0.39, 0.29) is 0 Å². The molecule has 154 valence electrons. The molecule has 0 saturated heterocycles. The van der Waals surface area contributed by atoms with E-state index in [1.807, 2.05) is 81.4 Å². The van der Waals surface area contributed by atoms with Crippen LogP contribution in [-0.2, 0) is 0 Å². The molecule has 0 aliphatic rings. The maximum Gasteiger partial charge on any atom is -0.0194 e. The second-order valence-electron chi connectivity index (χ2n) is 2.89. The molecule has 0 aromatic carbocycles. The zero-order valence-electron chi connectivity index (χ0n) is 19.9. The minimum Gasteiger partial charge on any atom is -0.103 e. The Morgan fingerprint density at radius 3 is 0.885 bits per heavy atom. The highest BCUT2D eigenvalue weighted by atomic mass is 14.0. The molecule has 26 heavy (non-hydrogen) atoms. The number of hydrogen-bond acceptors (Lipinski definition) is 0. The Bertz CT molecular complexity index is 316. The van der Waals surface area contributed by atoms with Crippen LogP contribution >= 0.6 is 0 Å². The largest absolute Gasteiger partial charge is 0.103 e. The maximum atomic E-state index is 3.69. The van der Waals surface area contributed by atoms with Gasteiger partial charge in [-0.25, -0.2) is 0 Å². The van der Waals surface area contributed by atoms with Gasteiger partial charge in [-0.3, -0.25) is 0 Å². The van der Waals surface area contributed by atoms with E-state index < -0.39 is 0 Å². The van der Waals surface area contributed by atoms with Gasteiger partial charge in [0.15, 0.2) is 0 Å². The molecule has 0 N–H and O–H groups in total. The molecule has 0 aromatic rings. The third-order valence-corrected chi connectivity index (χ3v) is 1.55. The van der Waals surface area contributed by atoms with E-state index in [4.69, 9.17) is 0 Å². The van der Waals surface area contributed by atoms with Crippen LogP contribution in [-0.4, -0.2) is 0 Å². The van der Waals surface area contributed by atoms with Crippen LogP contribution < -0.4 is 0 Å². The van der Waals surface area contributed by atoms with Gasteiger partial charge in [0.25, 0.3) is 0 Å². The minimum absolute atomic E-state index is 1.05. The zero-order chi connectivity index (χ0) is 22.8. The molecular weight excluding hydrogens is 312 g/mol. The normalized spacial score (nSPS) is 7.46. The first-order chi connectivity index (χ1) is 12.6. The van der Waals surface area contributed by atoms with E-state index in [1.54, 1.807) is 36.5 Å². The first-order valence-electron chi connectivity index (χ1n) is 9.68. The molecule has 0 aliphatic carbocycles. The number of rotatable bonds is 5. The summed E-state index contributed by atoms with van der Waals surface area (Å²) < 4.78 is 0. The molecule has 0 unspecified atom stereocenters. The average Bonchev–Trinajstić information content (AvgIpc) is 2.74. The molecule has 0 spiro atoms. The van der Waals surface area contributed by atoms with Crippen molar-refractivity contribution in [3.8, 4) is 0 Å². The predicted molar refractivity (Wildman–Crippen MR) is 134 cm³/mol. The smallest absolute Gasteiger partial charge is 0.0194 e. The summed E-state index contributed by atoms with van der Waals surface area (Å²) in [6, 6.07) is 0. The lowest BCUT2D eigenvalue weighted by Gasteiger charge is -1.99. The van der Waals surface area contributed by atoms with Crippen LogP contribution in [0.2, 0.25) is 0 Å². The average molecular weight is 363 g/mol. The highest BCUT2D eigenvalue weighted by Gasteiger charge is 1.91. The maximum absolute atomic E-state index is 3.69. The van der Waals surface area contributed by atoms with E-state index in [9.17, 15) is 0 Å². The summed E-state index contributed by atoms with van der Waals surface area (Å²) in [5.41, 5.74) is 2.14. The van der Waals surface area contributed by atoms with Crippen molar-refractivity contribution in [2.24, 2.45) is 0 Å². The summed E-state index contributed by atoms with van der Waals surface area (Å²) in [6.45, 7) is 40.9. The molecule has 0 aromatic heterocycles. The summed E-state index contributed by atoms with van der Waals surface area (Å²) in [7, 11) is 0. The molecule has 0 atom stereocenters. The van der Waals surface area contributed by atoms with Crippen LogP contribution in [0.4, 0.5) is 0 Å². The van der Waals surface area contributed by atoms with Crippen molar-refractivity contribution in [2.45, 2.75) is 69.2 Å². The first-order valence-corrected chi connectivity index (χ1v) is 9.68. The predicted octanol–water partition coefficient (Wildman–Crippen LogP) is 10.1. The summed E-state index contributed by atoms with van der Waals surface area (Å²) in [5.74, 6) is 0. The highest BCUT2D eigenvalue weighted by Crippen LogP contribution is 2.11. The van der Waals surface area contributed by atoms with E-state index in [2.05, 4.69) is 39.5 Å². The van der Waals surface area contributed by atoms with Gasteiger partial charge in [-0.05, 0) is 25.0 Å². The summed E-state index contributed by atoms with van der Waals surface area (Å²) in [5, 5.41) is 0. The van der Waals surface area contributed by atoms with Gasteiger partial charge in [0.1, 0.15) is 0 Å². The van der Waals surface area contributed by atoms with Gasteiger partial charge in [-0.15, -0.1) is 6.58 Å². The summed E-state index contributed by atoms with van der Waals surface area (Å²) in [6.07, 6.45) is 14.3. The second-order valence-corrected chi connectivity index (χ2v) is 2.89. The monoisotopic (exact) mass is 362 g/mol. The van der Waals surface area contributed by atoms with Gasteiger partial charge in [0, 0.05) is 0 Å². The zero-order valence-corrected chi connectivity index (χ0v) is 19.9. The Kier molecular flexibility index (Phi) is 131. The quantitative estimate of drug-likeness (QED) is 0.337. The van der Waals surface area contributed by atoms with Crippen molar-refractivity contribution in [1.82, 2.24) is 0 Å². The van der Waals surface area contributed by atoms with Crippen LogP contribution in [0.15, 0.2) is 99.2 Å². The first kappa shape index (κ1) is 43.9. The van der Waals surface area contributed by atoms with E-state index in [1.165, 1.54) is 0 Å². The molecule has 0 rings (SSSR count). The molecule has 0 saturated carbocycles. The van der Waals surface area contributed by atoms with Gasteiger partial charge in [0.05, 0.1) is 0 Å². The fourth-order valence-corrected chi connectivity index (χ4v) is 0.811. The lowest BCUT2D eigenvalue weighted by Crippen LogP contribution is -1.79.